The fourth-order valence-electron chi connectivity index (χ4n) is 9.36. The smallest absolute Gasteiger partial charge is 0.306 e. The highest BCUT2D eigenvalue weighted by molar-refractivity contribution is 5.71. The van der Waals surface area contributed by atoms with Crippen molar-refractivity contribution in [1.82, 2.24) is 0 Å². The minimum Gasteiger partial charge on any atom is -0.462 e. The van der Waals surface area contributed by atoms with Crippen LogP contribution in [0.1, 0.15) is 323 Å². The van der Waals surface area contributed by atoms with Crippen LogP contribution in [0, 0.1) is 0 Å². The molecule has 0 saturated carbocycles. The standard InChI is InChI=1S/C72H124O6/c1-4-7-10-13-16-19-22-25-28-30-32-34-35-36-37-39-40-42-44-47-50-53-56-59-62-65-71(74)77-68-69(67-76-70(73)64-61-58-55-52-49-46-27-24-21-18-15-12-9-6-3)78-72(75)66-63-60-57-54-51-48-45-43-41-38-33-31-29-26-23-20-17-14-11-8-5-2/h8,11,17,20,22,25-26,29-30,32-33,35-36,38,43,45,69H,4-7,9-10,12-16,18-19,21,23-24,27-28,31,34,37,39-42,44,46-68H2,1-3H3/b11-8-,20-17-,25-22-,29-26-,32-30-,36-35-,38-33-,45-43-. The van der Waals surface area contributed by atoms with E-state index in [9.17, 15) is 14.4 Å². The number of hydrogen-bond acceptors (Lipinski definition) is 6. The lowest BCUT2D eigenvalue weighted by atomic mass is 10.0. The summed E-state index contributed by atoms with van der Waals surface area (Å²) >= 11 is 0. The molecule has 6 heteroatoms. The van der Waals surface area contributed by atoms with Crippen molar-refractivity contribution in [3.8, 4) is 0 Å². The summed E-state index contributed by atoms with van der Waals surface area (Å²) in [6, 6.07) is 0. The van der Waals surface area contributed by atoms with Gasteiger partial charge in [0.1, 0.15) is 13.2 Å². The molecule has 448 valence electrons. The Bertz CT molecular complexity index is 1530. The molecule has 0 rings (SSSR count). The fraction of sp³-hybridized carbons (Fsp3) is 0.736. The maximum absolute atomic E-state index is 12.9. The van der Waals surface area contributed by atoms with Crippen molar-refractivity contribution in [2.24, 2.45) is 0 Å². The van der Waals surface area contributed by atoms with Crippen LogP contribution in [0.3, 0.4) is 0 Å². The molecular formula is C72H124O6. The first-order valence-electron chi connectivity index (χ1n) is 33.2. The summed E-state index contributed by atoms with van der Waals surface area (Å²) in [5.41, 5.74) is 0. The lowest BCUT2D eigenvalue weighted by Gasteiger charge is -2.18. The third kappa shape index (κ3) is 63.2. The Morgan fingerprint density at radius 2 is 0.500 bits per heavy atom. The largest absolute Gasteiger partial charge is 0.462 e. The Labute approximate surface area is 483 Å². The molecule has 0 amide bonds. The minimum absolute atomic E-state index is 0.0844. The molecule has 0 aromatic carbocycles. The quantitative estimate of drug-likeness (QED) is 0.0261. The van der Waals surface area contributed by atoms with Crippen molar-refractivity contribution < 1.29 is 28.6 Å². The van der Waals surface area contributed by atoms with Crippen LogP contribution in [-0.4, -0.2) is 37.2 Å². The third-order valence-corrected chi connectivity index (χ3v) is 14.3. The summed E-state index contributed by atoms with van der Waals surface area (Å²) in [7, 11) is 0. The van der Waals surface area contributed by atoms with E-state index in [1.54, 1.807) is 0 Å². The Morgan fingerprint density at radius 1 is 0.269 bits per heavy atom. The first-order valence-corrected chi connectivity index (χ1v) is 33.2. The molecule has 1 unspecified atom stereocenters. The van der Waals surface area contributed by atoms with E-state index < -0.39 is 6.10 Å². The van der Waals surface area contributed by atoms with Gasteiger partial charge in [0.25, 0.3) is 0 Å². The molecule has 0 heterocycles. The number of allylic oxidation sites excluding steroid dienone is 16. The predicted octanol–water partition coefficient (Wildman–Crippen LogP) is 22.8. The first kappa shape index (κ1) is 74.3. The van der Waals surface area contributed by atoms with Crippen molar-refractivity contribution in [1.29, 1.82) is 0 Å². The van der Waals surface area contributed by atoms with Gasteiger partial charge in [0.2, 0.25) is 0 Å². The molecule has 6 nitrogen and oxygen atoms in total. The van der Waals surface area contributed by atoms with Crippen LogP contribution in [0.5, 0.6) is 0 Å². The lowest BCUT2D eigenvalue weighted by Crippen LogP contribution is -2.30. The second kappa shape index (κ2) is 65.8. The number of esters is 3. The average molecular weight is 1090 g/mol. The summed E-state index contributed by atoms with van der Waals surface area (Å²) in [4.78, 5) is 38.4. The highest BCUT2D eigenvalue weighted by Gasteiger charge is 2.19. The van der Waals surface area contributed by atoms with Gasteiger partial charge in [-0.3, -0.25) is 14.4 Å². The maximum atomic E-state index is 12.9. The molecular weight excluding hydrogens is 961 g/mol. The number of carbonyl (C=O) groups excluding carboxylic acids is 3. The maximum Gasteiger partial charge on any atom is 0.306 e. The van der Waals surface area contributed by atoms with E-state index in [4.69, 9.17) is 14.2 Å². The number of rotatable bonds is 60. The van der Waals surface area contributed by atoms with Crippen molar-refractivity contribution in [3.63, 3.8) is 0 Å². The normalized spacial score (nSPS) is 12.7. The van der Waals surface area contributed by atoms with Crippen molar-refractivity contribution in [2.75, 3.05) is 13.2 Å². The molecule has 0 aliphatic rings. The number of carbonyl (C=O) groups is 3. The van der Waals surface area contributed by atoms with Crippen molar-refractivity contribution >= 4 is 17.9 Å². The SMILES string of the molecule is CC/C=C\C/C=C\C/C=C\C/C=C\C/C=C\CCCCCCCC(=O)OC(COC(=O)CCCCCCCCCCCC/C=C\C/C=C\C/C=C\CCCCCCC)COC(=O)CCCCCCCCCCCCCCCC. The van der Waals surface area contributed by atoms with Gasteiger partial charge in [0.15, 0.2) is 6.10 Å². The molecule has 0 bridgehead atoms. The van der Waals surface area contributed by atoms with Gasteiger partial charge in [-0.25, -0.2) is 0 Å². The summed E-state index contributed by atoms with van der Waals surface area (Å²) in [5.74, 6) is -0.895. The van der Waals surface area contributed by atoms with Crippen LogP contribution in [0.15, 0.2) is 97.2 Å². The molecule has 0 aliphatic carbocycles. The summed E-state index contributed by atoms with van der Waals surface area (Å²) in [6.45, 7) is 6.53. The Balaban J connectivity index is 4.37. The fourth-order valence-corrected chi connectivity index (χ4v) is 9.36. The van der Waals surface area contributed by atoms with Crippen molar-refractivity contribution in [2.45, 2.75) is 329 Å². The zero-order valence-electron chi connectivity index (χ0n) is 51.4. The van der Waals surface area contributed by atoms with E-state index in [1.165, 1.54) is 161 Å². The van der Waals surface area contributed by atoms with Crippen LogP contribution in [0.25, 0.3) is 0 Å². The molecule has 0 spiro atoms. The second-order valence-electron chi connectivity index (χ2n) is 22.0. The zero-order chi connectivity index (χ0) is 56.4. The zero-order valence-corrected chi connectivity index (χ0v) is 51.4. The molecule has 0 saturated heterocycles. The molecule has 0 fully saturated rings. The van der Waals surface area contributed by atoms with Gasteiger partial charge in [-0.05, 0) is 103 Å². The molecule has 0 N–H and O–H groups in total. The summed E-state index contributed by atoms with van der Waals surface area (Å²) in [5, 5.41) is 0. The van der Waals surface area contributed by atoms with Crippen LogP contribution in [0.2, 0.25) is 0 Å². The van der Waals surface area contributed by atoms with Gasteiger partial charge >= 0.3 is 17.9 Å². The van der Waals surface area contributed by atoms with Gasteiger partial charge in [-0.1, -0.05) is 298 Å². The third-order valence-electron chi connectivity index (χ3n) is 14.3. The summed E-state index contributed by atoms with van der Waals surface area (Å²) in [6.07, 6.45) is 88.4. The van der Waals surface area contributed by atoms with Gasteiger partial charge in [0.05, 0.1) is 0 Å². The number of hydrogen-bond donors (Lipinski definition) is 0. The molecule has 0 aromatic heterocycles. The molecule has 0 radical (unpaired) electrons. The highest BCUT2D eigenvalue weighted by Crippen LogP contribution is 2.16. The molecule has 0 aromatic rings. The van der Waals surface area contributed by atoms with Crippen LogP contribution in [-0.2, 0) is 28.6 Å². The molecule has 78 heavy (non-hydrogen) atoms. The van der Waals surface area contributed by atoms with Gasteiger partial charge in [0, 0.05) is 19.3 Å². The van der Waals surface area contributed by atoms with E-state index in [0.717, 1.165) is 122 Å². The van der Waals surface area contributed by atoms with Crippen LogP contribution >= 0.6 is 0 Å². The first-order chi connectivity index (χ1) is 38.5. The Hall–Kier alpha value is -3.67. The highest BCUT2D eigenvalue weighted by atomic mass is 16.6. The topological polar surface area (TPSA) is 78.9 Å². The van der Waals surface area contributed by atoms with Gasteiger partial charge in [-0.2, -0.15) is 0 Å². The van der Waals surface area contributed by atoms with E-state index in [2.05, 4.69) is 118 Å². The summed E-state index contributed by atoms with van der Waals surface area (Å²) < 4.78 is 16.9. The number of ether oxygens (including phenoxy) is 3. The van der Waals surface area contributed by atoms with Crippen LogP contribution in [0.4, 0.5) is 0 Å². The molecule has 1 atom stereocenters. The van der Waals surface area contributed by atoms with Crippen LogP contribution < -0.4 is 0 Å². The van der Waals surface area contributed by atoms with Gasteiger partial charge < -0.3 is 14.2 Å². The Morgan fingerprint density at radius 3 is 0.782 bits per heavy atom. The monoisotopic (exact) mass is 1080 g/mol. The van der Waals surface area contributed by atoms with E-state index in [1.807, 2.05) is 0 Å². The van der Waals surface area contributed by atoms with E-state index >= 15 is 0 Å². The number of unbranched alkanes of at least 4 members (excludes halogenated alkanes) is 33. The Kier molecular flexibility index (Phi) is 62.7. The minimum atomic E-state index is -0.791. The van der Waals surface area contributed by atoms with E-state index in [0.29, 0.717) is 19.3 Å². The van der Waals surface area contributed by atoms with Crippen molar-refractivity contribution in [3.05, 3.63) is 97.2 Å². The average Bonchev–Trinajstić information content (AvgIpc) is 3.44. The lowest BCUT2D eigenvalue weighted by molar-refractivity contribution is -0.167. The van der Waals surface area contributed by atoms with Gasteiger partial charge in [-0.15, -0.1) is 0 Å². The predicted molar refractivity (Wildman–Crippen MR) is 339 cm³/mol. The second-order valence-corrected chi connectivity index (χ2v) is 22.0. The molecule has 0 aliphatic heterocycles. The van der Waals surface area contributed by atoms with E-state index in [-0.39, 0.29) is 31.1 Å².